The fraction of sp³-hybridized carbons (Fsp3) is 0.238. The molecule has 0 unspecified atom stereocenters. The van der Waals surface area contributed by atoms with Crippen molar-refractivity contribution in [2.45, 2.75) is 25.8 Å². The third-order valence-electron chi connectivity index (χ3n) is 4.68. The molecule has 0 bridgehead atoms. The molecule has 1 amide bonds. The lowest BCUT2D eigenvalue weighted by Crippen LogP contribution is -2.26. The maximum Gasteiger partial charge on any atom is 0.258 e. The molecule has 0 atom stereocenters. The molecule has 0 spiro atoms. The van der Waals surface area contributed by atoms with Gasteiger partial charge in [-0.05, 0) is 30.7 Å². The second kappa shape index (κ2) is 8.04. The van der Waals surface area contributed by atoms with Crippen molar-refractivity contribution in [1.82, 2.24) is 24.8 Å². The lowest BCUT2D eigenvalue weighted by Gasteiger charge is -2.07. The molecule has 7 nitrogen and oxygen atoms in total. The average Bonchev–Trinajstić information content (AvgIpc) is 3.13. The van der Waals surface area contributed by atoms with E-state index >= 15 is 0 Å². The number of H-pyrrole nitrogens is 1. The molecule has 0 aliphatic heterocycles. The van der Waals surface area contributed by atoms with Crippen LogP contribution in [0.4, 0.5) is 0 Å². The Bertz CT molecular complexity index is 1180. The molecule has 2 aromatic carbocycles. The van der Waals surface area contributed by atoms with Gasteiger partial charge in [-0.15, -0.1) is 0 Å². The molecule has 0 aliphatic carbocycles. The number of aryl methyl sites for hydroxylation is 2. The molecule has 0 aliphatic rings. The molecule has 0 saturated heterocycles. The van der Waals surface area contributed by atoms with Gasteiger partial charge >= 0.3 is 0 Å². The summed E-state index contributed by atoms with van der Waals surface area (Å²) in [5.74, 6) is 0.482. The first kappa shape index (κ1) is 17.9. The van der Waals surface area contributed by atoms with Crippen LogP contribution in [0.3, 0.4) is 0 Å². The summed E-state index contributed by atoms with van der Waals surface area (Å²) in [6.07, 6.45) is 3.33. The minimum atomic E-state index is -0.173. The SMILES string of the molecule is O=C(CCc1nc2ccccc2c(=O)[nH]1)NCCCn1cnc2ccccc21. The summed E-state index contributed by atoms with van der Waals surface area (Å²) in [6, 6.07) is 15.2. The second-order valence-electron chi connectivity index (χ2n) is 6.66. The summed E-state index contributed by atoms with van der Waals surface area (Å²) in [4.78, 5) is 35.7. The Morgan fingerprint density at radius 2 is 1.86 bits per heavy atom. The van der Waals surface area contributed by atoms with Crippen LogP contribution in [0.5, 0.6) is 0 Å². The highest BCUT2D eigenvalue weighted by Crippen LogP contribution is 2.12. The van der Waals surface area contributed by atoms with Crippen molar-refractivity contribution in [1.29, 1.82) is 0 Å². The van der Waals surface area contributed by atoms with Crippen LogP contribution in [0.1, 0.15) is 18.7 Å². The number of nitrogens with zero attached hydrogens (tertiary/aromatic N) is 3. The van der Waals surface area contributed by atoms with Gasteiger partial charge in [-0.3, -0.25) is 9.59 Å². The van der Waals surface area contributed by atoms with Crippen molar-refractivity contribution in [3.63, 3.8) is 0 Å². The number of nitrogens with one attached hydrogen (secondary N) is 2. The molecular formula is C21H21N5O2. The van der Waals surface area contributed by atoms with Gasteiger partial charge in [0.15, 0.2) is 0 Å². The fourth-order valence-electron chi connectivity index (χ4n) is 3.24. The number of benzene rings is 2. The van der Waals surface area contributed by atoms with Gasteiger partial charge in [-0.25, -0.2) is 9.97 Å². The fourth-order valence-corrected chi connectivity index (χ4v) is 3.24. The number of imidazole rings is 1. The van der Waals surface area contributed by atoms with Crippen LogP contribution in [0.15, 0.2) is 59.7 Å². The van der Waals surface area contributed by atoms with Gasteiger partial charge in [-0.2, -0.15) is 0 Å². The highest BCUT2D eigenvalue weighted by Gasteiger charge is 2.07. The van der Waals surface area contributed by atoms with E-state index in [0.29, 0.717) is 29.7 Å². The summed E-state index contributed by atoms with van der Waals surface area (Å²) >= 11 is 0. The van der Waals surface area contributed by atoms with Crippen molar-refractivity contribution < 1.29 is 4.79 Å². The van der Waals surface area contributed by atoms with Crippen LogP contribution in [-0.2, 0) is 17.8 Å². The van der Waals surface area contributed by atoms with Crippen LogP contribution < -0.4 is 10.9 Å². The number of amides is 1. The van der Waals surface area contributed by atoms with Crippen LogP contribution in [-0.4, -0.2) is 32.0 Å². The van der Waals surface area contributed by atoms with E-state index in [2.05, 4.69) is 24.8 Å². The van der Waals surface area contributed by atoms with Crippen molar-refractivity contribution in [3.8, 4) is 0 Å². The zero-order chi connectivity index (χ0) is 19.3. The van der Waals surface area contributed by atoms with Gasteiger partial charge in [-0.1, -0.05) is 24.3 Å². The van der Waals surface area contributed by atoms with Crippen LogP contribution in [0, 0.1) is 0 Å². The van der Waals surface area contributed by atoms with Gasteiger partial charge in [0.1, 0.15) is 5.82 Å². The number of carbonyl (C=O) groups excluding carboxylic acids is 1. The first-order valence-electron chi connectivity index (χ1n) is 9.35. The molecule has 2 heterocycles. The standard InChI is InChI=1S/C21H21N5O2/c27-20(11-10-19-24-16-7-2-1-6-15(16)21(28)25-19)22-12-5-13-26-14-23-17-8-3-4-9-18(17)26/h1-4,6-9,14H,5,10-13H2,(H,22,27)(H,24,25,28). The molecule has 4 aromatic rings. The van der Waals surface area contributed by atoms with E-state index in [1.54, 1.807) is 18.2 Å². The summed E-state index contributed by atoms with van der Waals surface area (Å²) in [5, 5.41) is 3.48. The predicted octanol–water partition coefficient (Wildman–Crippen LogP) is 2.41. The number of fused-ring (bicyclic) bond motifs is 2. The van der Waals surface area contributed by atoms with E-state index in [-0.39, 0.29) is 17.9 Å². The normalized spacial score (nSPS) is 11.1. The van der Waals surface area contributed by atoms with Gasteiger partial charge in [0.2, 0.25) is 5.91 Å². The summed E-state index contributed by atoms with van der Waals surface area (Å²) in [5.41, 5.74) is 2.55. The second-order valence-corrected chi connectivity index (χ2v) is 6.66. The third-order valence-corrected chi connectivity index (χ3v) is 4.68. The lowest BCUT2D eigenvalue weighted by atomic mass is 10.2. The minimum Gasteiger partial charge on any atom is -0.356 e. The topological polar surface area (TPSA) is 92.7 Å². The molecular weight excluding hydrogens is 354 g/mol. The maximum absolute atomic E-state index is 12.1. The summed E-state index contributed by atoms with van der Waals surface area (Å²) < 4.78 is 2.09. The van der Waals surface area contributed by atoms with E-state index in [1.165, 1.54) is 0 Å². The zero-order valence-electron chi connectivity index (χ0n) is 15.4. The monoisotopic (exact) mass is 375 g/mol. The summed E-state index contributed by atoms with van der Waals surface area (Å²) in [7, 11) is 0. The van der Waals surface area contributed by atoms with Gasteiger partial charge in [0.05, 0.1) is 28.3 Å². The Morgan fingerprint density at radius 1 is 1.07 bits per heavy atom. The Hall–Kier alpha value is -3.48. The Balaban J connectivity index is 1.25. The molecule has 7 heteroatoms. The highest BCUT2D eigenvalue weighted by atomic mass is 16.1. The largest absolute Gasteiger partial charge is 0.356 e. The van der Waals surface area contributed by atoms with E-state index in [0.717, 1.165) is 24.0 Å². The number of aromatic amines is 1. The predicted molar refractivity (Wildman–Crippen MR) is 108 cm³/mol. The van der Waals surface area contributed by atoms with E-state index in [9.17, 15) is 9.59 Å². The Kier molecular flexibility index (Phi) is 5.14. The van der Waals surface area contributed by atoms with Crippen molar-refractivity contribution >= 4 is 27.8 Å². The van der Waals surface area contributed by atoms with Crippen LogP contribution in [0.2, 0.25) is 0 Å². The van der Waals surface area contributed by atoms with Gasteiger partial charge in [0.25, 0.3) is 5.56 Å². The zero-order valence-corrected chi connectivity index (χ0v) is 15.4. The molecule has 28 heavy (non-hydrogen) atoms. The molecule has 0 fully saturated rings. The number of hydrogen-bond acceptors (Lipinski definition) is 4. The third kappa shape index (κ3) is 3.93. The van der Waals surface area contributed by atoms with Gasteiger partial charge < -0.3 is 14.9 Å². The smallest absolute Gasteiger partial charge is 0.258 e. The van der Waals surface area contributed by atoms with E-state index < -0.39 is 0 Å². The molecule has 2 N–H and O–H groups in total. The Labute approximate surface area is 161 Å². The highest BCUT2D eigenvalue weighted by molar-refractivity contribution is 5.78. The number of rotatable bonds is 7. The van der Waals surface area contributed by atoms with E-state index in [1.807, 2.05) is 36.7 Å². The van der Waals surface area contributed by atoms with Crippen LogP contribution >= 0.6 is 0 Å². The molecule has 4 rings (SSSR count). The van der Waals surface area contributed by atoms with Crippen molar-refractivity contribution in [2.24, 2.45) is 0 Å². The molecule has 142 valence electrons. The number of para-hydroxylation sites is 3. The maximum atomic E-state index is 12.1. The first-order valence-corrected chi connectivity index (χ1v) is 9.35. The average molecular weight is 375 g/mol. The van der Waals surface area contributed by atoms with Crippen LogP contribution in [0.25, 0.3) is 21.9 Å². The molecule has 2 aromatic heterocycles. The van der Waals surface area contributed by atoms with Crippen molar-refractivity contribution in [2.75, 3.05) is 6.54 Å². The Morgan fingerprint density at radius 3 is 2.75 bits per heavy atom. The van der Waals surface area contributed by atoms with Crippen molar-refractivity contribution in [3.05, 3.63) is 71.0 Å². The quantitative estimate of drug-likeness (QED) is 0.485. The van der Waals surface area contributed by atoms with E-state index in [4.69, 9.17) is 0 Å². The summed E-state index contributed by atoms with van der Waals surface area (Å²) in [6.45, 7) is 1.38. The lowest BCUT2D eigenvalue weighted by molar-refractivity contribution is -0.121. The first-order chi connectivity index (χ1) is 13.7. The number of carbonyl (C=O) groups is 1. The van der Waals surface area contributed by atoms with Gasteiger partial charge in [0, 0.05) is 25.9 Å². The molecule has 0 radical (unpaired) electrons. The minimum absolute atomic E-state index is 0.0497. The number of aromatic nitrogens is 4. The number of hydrogen-bond donors (Lipinski definition) is 2. The molecule has 0 saturated carbocycles.